The van der Waals surface area contributed by atoms with Crippen molar-refractivity contribution < 1.29 is 26.8 Å². The quantitative estimate of drug-likeness (QED) is 0.541. The lowest BCUT2D eigenvalue weighted by atomic mass is 10.1. The van der Waals surface area contributed by atoms with Gasteiger partial charge in [-0.1, -0.05) is 36.7 Å². The Labute approximate surface area is 197 Å². The first-order valence-corrected chi connectivity index (χ1v) is 12.4. The van der Waals surface area contributed by atoms with Crippen LogP contribution in [0.25, 0.3) is 0 Å². The zero-order valence-electron chi connectivity index (χ0n) is 18.5. The highest BCUT2D eigenvalue weighted by Gasteiger charge is 2.30. The van der Waals surface area contributed by atoms with Gasteiger partial charge in [-0.05, 0) is 37.6 Å². The van der Waals surface area contributed by atoms with E-state index in [0.717, 1.165) is 27.6 Å². The Morgan fingerprint density at radius 1 is 1.12 bits per heavy atom. The van der Waals surface area contributed by atoms with Crippen molar-refractivity contribution in [3.8, 4) is 0 Å². The second-order valence-corrected chi connectivity index (χ2v) is 9.76. The van der Waals surface area contributed by atoms with Crippen LogP contribution in [0.15, 0.2) is 42.5 Å². The molecule has 7 nitrogen and oxygen atoms in total. The van der Waals surface area contributed by atoms with Crippen molar-refractivity contribution in [1.29, 1.82) is 0 Å². The molecule has 0 radical (unpaired) electrons. The number of rotatable bonds is 10. The Kier molecular flexibility index (Phi) is 9.18. The number of hydrogen-bond acceptors (Lipinski definition) is 4. The van der Waals surface area contributed by atoms with Gasteiger partial charge < -0.3 is 10.2 Å². The van der Waals surface area contributed by atoms with Gasteiger partial charge in [0.2, 0.25) is 21.8 Å². The minimum atomic E-state index is -3.99. The molecule has 1 N–H and O–H groups in total. The fourth-order valence-electron chi connectivity index (χ4n) is 3.04. The lowest BCUT2D eigenvalue weighted by Gasteiger charge is -2.31. The van der Waals surface area contributed by atoms with Gasteiger partial charge in [-0.3, -0.25) is 13.9 Å². The first-order valence-electron chi connectivity index (χ1n) is 10.2. The summed E-state index contributed by atoms with van der Waals surface area (Å²) in [4.78, 5) is 26.9. The predicted molar refractivity (Wildman–Crippen MR) is 123 cm³/mol. The summed E-state index contributed by atoms with van der Waals surface area (Å²) in [7, 11) is -3.99. The Balaban J connectivity index is 2.40. The molecule has 33 heavy (non-hydrogen) atoms. The van der Waals surface area contributed by atoms with E-state index in [1.54, 1.807) is 6.07 Å². The van der Waals surface area contributed by atoms with E-state index in [1.807, 2.05) is 6.92 Å². The Morgan fingerprint density at radius 3 is 2.36 bits per heavy atom. The molecule has 0 spiro atoms. The highest BCUT2D eigenvalue weighted by atomic mass is 35.5. The number of hydrogen-bond donors (Lipinski definition) is 1. The average molecular weight is 502 g/mol. The summed E-state index contributed by atoms with van der Waals surface area (Å²) >= 11 is 5.79. The minimum Gasteiger partial charge on any atom is -0.354 e. The molecule has 0 bridgehead atoms. The second-order valence-electron chi connectivity index (χ2n) is 7.45. The Hall–Kier alpha value is -2.72. The van der Waals surface area contributed by atoms with E-state index in [2.05, 4.69) is 5.32 Å². The molecule has 2 amide bonds. The van der Waals surface area contributed by atoms with Crippen molar-refractivity contribution in [1.82, 2.24) is 10.2 Å². The molecule has 1 atom stereocenters. The molecule has 0 saturated carbocycles. The van der Waals surface area contributed by atoms with Crippen molar-refractivity contribution in [2.75, 3.05) is 23.7 Å². The molecule has 0 aliphatic rings. The first kappa shape index (κ1) is 26.5. The normalized spacial score (nSPS) is 12.2. The fraction of sp³-hybridized carbons (Fsp3) is 0.364. The van der Waals surface area contributed by atoms with Crippen molar-refractivity contribution in [3.05, 3.63) is 64.7 Å². The summed E-state index contributed by atoms with van der Waals surface area (Å²) in [5, 5.41) is 2.36. The molecule has 2 aromatic rings. The monoisotopic (exact) mass is 501 g/mol. The van der Waals surface area contributed by atoms with E-state index < -0.39 is 46.1 Å². The van der Waals surface area contributed by atoms with Gasteiger partial charge in [0.1, 0.15) is 24.2 Å². The summed E-state index contributed by atoms with van der Waals surface area (Å²) in [6.07, 6.45) is 1.56. The van der Waals surface area contributed by atoms with Crippen molar-refractivity contribution in [2.24, 2.45) is 0 Å². The molecule has 0 unspecified atom stereocenters. The SMILES string of the molecule is CCCNC(=O)[C@H](C)N(Cc1ccccc1F)C(=O)CN(c1ccc(F)c(Cl)c1)S(C)(=O)=O. The molecule has 2 rings (SSSR count). The van der Waals surface area contributed by atoms with Crippen molar-refractivity contribution in [3.63, 3.8) is 0 Å². The van der Waals surface area contributed by atoms with E-state index in [4.69, 9.17) is 11.6 Å². The molecule has 0 fully saturated rings. The maximum Gasteiger partial charge on any atom is 0.244 e. The highest BCUT2D eigenvalue weighted by molar-refractivity contribution is 7.92. The number of carbonyl (C=O) groups excluding carboxylic acids is 2. The van der Waals surface area contributed by atoms with E-state index in [-0.39, 0.29) is 22.8 Å². The van der Waals surface area contributed by atoms with Crippen LogP contribution in [0, 0.1) is 11.6 Å². The third-order valence-electron chi connectivity index (χ3n) is 4.89. The maximum atomic E-state index is 14.3. The lowest BCUT2D eigenvalue weighted by Crippen LogP contribution is -2.51. The maximum absolute atomic E-state index is 14.3. The topological polar surface area (TPSA) is 86.8 Å². The van der Waals surface area contributed by atoms with Gasteiger partial charge >= 0.3 is 0 Å². The molecule has 0 aromatic heterocycles. The number of sulfonamides is 1. The Morgan fingerprint density at radius 2 is 1.79 bits per heavy atom. The van der Waals surface area contributed by atoms with Crippen LogP contribution in [0.5, 0.6) is 0 Å². The van der Waals surface area contributed by atoms with Crippen LogP contribution in [0.1, 0.15) is 25.8 Å². The van der Waals surface area contributed by atoms with E-state index in [9.17, 15) is 26.8 Å². The zero-order chi connectivity index (χ0) is 24.8. The fourth-order valence-corrected chi connectivity index (χ4v) is 4.06. The van der Waals surface area contributed by atoms with Crippen LogP contribution in [-0.4, -0.2) is 50.5 Å². The van der Waals surface area contributed by atoms with Crippen molar-refractivity contribution >= 4 is 39.1 Å². The number of anilines is 1. The zero-order valence-corrected chi connectivity index (χ0v) is 20.1. The van der Waals surface area contributed by atoms with Gasteiger partial charge in [0.05, 0.1) is 17.0 Å². The average Bonchev–Trinajstić information content (AvgIpc) is 2.75. The molecular weight excluding hydrogens is 476 g/mol. The van der Waals surface area contributed by atoms with Gasteiger partial charge in [-0.25, -0.2) is 17.2 Å². The van der Waals surface area contributed by atoms with Gasteiger partial charge in [0, 0.05) is 18.7 Å². The van der Waals surface area contributed by atoms with Crippen LogP contribution >= 0.6 is 11.6 Å². The largest absolute Gasteiger partial charge is 0.354 e. The number of nitrogens with one attached hydrogen (secondary N) is 1. The van der Waals surface area contributed by atoms with E-state index >= 15 is 0 Å². The summed E-state index contributed by atoms with van der Waals surface area (Å²) in [6.45, 7) is 2.78. The summed E-state index contributed by atoms with van der Waals surface area (Å²) in [6, 6.07) is 8.01. The van der Waals surface area contributed by atoms with Gasteiger partial charge in [0.25, 0.3) is 0 Å². The third-order valence-corrected chi connectivity index (χ3v) is 6.32. The first-order chi connectivity index (χ1) is 15.5. The lowest BCUT2D eigenvalue weighted by molar-refractivity contribution is -0.139. The molecule has 2 aromatic carbocycles. The van der Waals surface area contributed by atoms with Crippen LogP contribution < -0.4 is 9.62 Å². The van der Waals surface area contributed by atoms with E-state index in [0.29, 0.717) is 13.0 Å². The standard InChI is InChI=1S/C22H26ClF2N3O4S/c1-4-11-26-22(30)15(2)27(13-16-7-5-6-8-19(16)24)21(29)14-28(33(3,31)32)17-9-10-20(25)18(23)12-17/h5-10,12,15H,4,11,13-14H2,1-3H3,(H,26,30)/t15-/m0/s1. The second kappa shape index (κ2) is 11.4. The number of amides is 2. The third kappa shape index (κ3) is 7.13. The number of benzene rings is 2. The van der Waals surface area contributed by atoms with Crippen LogP contribution in [0.2, 0.25) is 5.02 Å². The summed E-state index contributed by atoms with van der Waals surface area (Å²) in [5.74, 6) is -2.52. The molecule has 11 heteroatoms. The molecular formula is C22H26ClF2N3O4S. The Bertz CT molecular complexity index is 1110. The summed E-state index contributed by atoms with van der Waals surface area (Å²) in [5.41, 5.74) is 0.142. The van der Waals surface area contributed by atoms with Gasteiger partial charge in [-0.2, -0.15) is 0 Å². The van der Waals surface area contributed by atoms with Crippen LogP contribution in [-0.2, 0) is 26.2 Å². The number of nitrogens with zero attached hydrogens (tertiary/aromatic N) is 2. The smallest absolute Gasteiger partial charge is 0.244 e. The highest BCUT2D eigenvalue weighted by Crippen LogP contribution is 2.25. The number of carbonyl (C=O) groups is 2. The van der Waals surface area contributed by atoms with Gasteiger partial charge in [0.15, 0.2) is 0 Å². The summed E-state index contributed by atoms with van der Waals surface area (Å²) < 4.78 is 53.5. The van der Waals surface area contributed by atoms with Gasteiger partial charge in [-0.15, -0.1) is 0 Å². The molecule has 0 aliphatic heterocycles. The van der Waals surface area contributed by atoms with Crippen molar-refractivity contribution in [2.45, 2.75) is 32.9 Å². The van der Waals surface area contributed by atoms with E-state index in [1.165, 1.54) is 31.2 Å². The minimum absolute atomic E-state index is 0.0221. The van der Waals surface area contributed by atoms with Crippen LogP contribution in [0.3, 0.4) is 0 Å². The predicted octanol–water partition coefficient (Wildman–Crippen LogP) is 3.33. The molecule has 0 heterocycles. The number of halogens is 3. The van der Waals surface area contributed by atoms with Crippen LogP contribution in [0.4, 0.5) is 14.5 Å². The molecule has 0 saturated heterocycles. The molecule has 180 valence electrons. The molecule has 0 aliphatic carbocycles.